The van der Waals surface area contributed by atoms with Gasteiger partial charge in [-0.15, -0.1) is 0 Å². The van der Waals surface area contributed by atoms with E-state index < -0.39 is 0 Å². The van der Waals surface area contributed by atoms with Crippen molar-refractivity contribution >= 4 is 11.7 Å². The molecule has 1 aromatic heterocycles. The van der Waals surface area contributed by atoms with Crippen molar-refractivity contribution in [3.8, 4) is 5.75 Å². The molecule has 1 fully saturated rings. The molecule has 2 heterocycles. The van der Waals surface area contributed by atoms with Gasteiger partial charge in [-0.25, -0.2) is 9.97 Å². The molecule has 6 heteroatoms. The topological polar surface area (TPSA) is 58.6 Å². The van der Waals surface area contributed by atoms with Crippen LogP contribution in [0.5, 0.6) is 5.75 Å². The number of rotatable bonds is 5. The summed E-state index contributed by atoms with van der Waals surface area (Å²) in [6.45, 7) is 9.22. The van der Waals surface area contributed by atoms with E-state index in [-0.39, 0.29) is 5.91 Å². The summed E-state index contributed by atoms with van der Waals surface area (Å²) in [6, 6.07) is 9.73. The highest BCUT2D eigenvalue weighted by Gasteiger charge is 2.23. The molecule has 3 rings (SSSR count). The molecule has 144 valence electrons. The molecular weight excluding hydrogens is 340 g/mol. The van der Waals surface area contributed by atoms with Crippen LogP contribution in [-0.2, 0) is 11.2 Å². The van der Waals surface area contributed by atoms with Crippen LogP contribution in [0.4, 0.5) is 5.82 Å². The first kappa shape index (κ1) is 19.1. The van der Waals surface area contributed by atoms with Crippen molar-refractivity contribution in [2.75, 3.05) is 38.2 Å². The first-order valence-electron chi connectivity index (χ1n) is 9.47. The van der Waals surface area contributed by atoms with Gasteiger partial charge in [0.2, 0.25) is 5.91 Å². The Balaban J connectivity index is 1.60. The van der Waals surface area contributed by atoms with Gasteiger partial charge in [0.15, 0.2) is 0 Å². The van der Waals surface area contributed by atoms with Crippen LogP contribution in [0.25, 0.3) is 0 Å². The predicted octanol–water partition coefficient (Wildman–Crippen LogP) is 2.81. The summed E-state index contributed by atoms with van der Waals surface area (Å²) in [7, 11) is 1.64. The Morgan fingerprint density at radius 1 is 1.15 bits per heavy atom. The van der Waals surface area contributed by atoms with E-state index >= 15 is 0 Å². The fourth-order valence-electron chi connectivity index (χ4n) is 3.25. The van der Waals surface area contributed by atoms with Crippen LogP contribution in [0.1, 0.15) is 36.8 Å². The van der Waals surface area contributed by atoms with Crippen molar-refractivity contribution in [1.29, 1.82) is 0 Å². The Morgan fingerprint density at radius 3 is 2.56 bits per heavy atom. The summed E-state index contributed by atoms with van der Waals surface area (Å²) < 4.78 is 5.24. The van der Waals surface area contributed by atoms with E-state index in [0.29, 0.717) is 25.4 Å². The quantitative estimate of drug-likeness (QED) is 0.812. The minimum absolute atomic E-state index is 0.157. The Kier molecular flexibility index (Phi) is 5.94. The number of ether oxygens (including phenoxy) is 1. The molecule has 1 aliphatic heterocycles. The van der Waals surface area contributed by atoms with Crippen molar-refractivity contribution in [2.45, 2.75) is 33.1 Å². The molecule has 1 aromatic carbocycles. The fraction of sp³-hybridized carbons (Fsp3) is 0.476. The minimum Gasteiger partial charge on any atom is -0.497 e. The molecule has 0 bridgehead atoms. The molecule has 0 atom stereocenters. The lowest BCUT2D eigenvalue weighted by atomic mass is 10.1. The number of aryl methyl sites for hydroxylation is 1. The smallest absolute Gasteiger partial charge is 0.227 e. The van der Waals surface area contributed by atoms with E-state index in [1.165, 1.54) is 0 Å². The Morgan fingerprint density at radius 2 is 1.89 bits per heavy atom. The van der Waals surface area contributed by atoms with Crippen LogP contribution in [0.15, 0.2) is 30.3 Å². The zero-order valence-electron chi connectivity index (χ0n) is 16.6. The molecule has 0 N–H and O–H groups in total. The molecule has 0 radical (unpaired) electrons. The van der Waals surface area contributed by atoms with E-state index in [4.69, 9.17) is 9.72 Å². The van der Waals surface area contributed by atoms with Crippen molar-refractivity contribution in [2.24, 2.45) is 0 Å². The summed E-state index contributed by atoms with van der Waals surface area (Å²) in [6.07, 6.45) is 0.404. The first-order valence-corrected chi connectivity index (χ1v) is 9.47. The van der Waals surface area contributed by atoms with Gasteiger partial charge in [0.25, 0.3) is 0 Å². The molecule has 1 amide bonds. The molecule has 2 aromatic rings. The monoisotopic (exact) mass is 368 g/mol. The van der Waals surface area contributed by atoms with Gasteiger partial charge < -0.3 is 14.5 Å². The third-order valence-corrected chi connectivity index (χ3v) is 4.82. The van der Waals surface area contributed by atoms with Gasteiger partial charge in [-0.05, 0) is 24.6 Å². The maximum absolute atomic E-state index is 12.6. The van der Waals surface area contributed by atoms with Gasteiger partial charge >= 0.3 is 0 Å². The van der Waals surface area contributed by atoms with Crippen LogP contribution >= 0.6 is 0 Å². The van der Waals surface area contributed by atoms with Gasteiger partial charge in [0.05, 0.1) is 13.5 Å². The number of hydrogen-bond donors (Lipinski definition) is 0. The van der Waals surface area contributed by atoms with Gasteiger partial charge in [-0.1, -0.05) is 26.0 Å². The van der Waals surface area contributed by atoms with Crippen molar-refractivity contribution < 1.29 is 9.53 Å². The second-order valence-electron chi connectivity index (χ2n) is 7.28. The third kappa shape index (κ3) is 4.76. The number of methoxy groups -OCH3 is 1. The number of carbonyl (C=O) groups is 1. The minimum atomic E-state index is 0.157. The maximum Gasteiger partial charge on any atom is 0.227 e. The normalized spacial score (nSPS) is 14.6. The van der Waals surface area contributed by atoms with Gasteiger partial charge in [-0.2, -0.15) is 0 Å². The van der Waals surface area contributed by atoms with Crippen LogP contribution in [-0.4, -0.2) is 54.1 Å². The molecule has 0 unspecified atom stereocenters. The molecule has 6 nitrogen and oxygen atoms in total. The molecule has 1 saturated heterocycles. The Hall–Kier alpha value is -2.63. The Labute approximate surface area is 161 Å². The third-order valence-electron chi connectivity index (χ3n) is 4.82. The highest BCUT2D eigenvalue weighted by molar-refractivity contribution is 5.79. The number of benzene rings is 1. The van der Waals surface area contributed by atoms with Gasteiger partial charge in [0, 0.05) is 43.9 Å². The van der Waals surface area contributed by atoms with Crippen LogP contribution < -0.4 is 9.64 Å². The highest BCUT2D eigenvalue weighted by atomic mass is 16.5. The van der Waals surface area contributed by atoms with Crippen molar-refractivity contribution in [1.82, 2.24) is 14.9 Å². The van der Waals surface area contributed by atoms with E-state index in [9.17, 15) is 4.79 Å². The molecule has 0 spiro atoms. The summed E-state index contributed by atoms with van der Waals surface area (Å²) >= 11 is 0. The molecule has 27 heavy (non-hydrogen) atoms. The number of aromatic nitrogens is 2. The summed E-state index contributed by atoms with van der Waals surface area (Å²) in [5.41, 5.74) is 1.97. The van der Waals surface area contributed by atoms with Crippen LogP contribution in [0.2, 0.25) is 0 Å². The van der Waals surface area contributed by atoms with E-state index in [2.05, 4.69) is 23.7 Å². The van der Waals surface area contributed by atoms with Gasteiger partial charge in [0.1, 0.15) is 17.4 Å². The lowest BCUT2D eigenvalue weighted by molar-refractivity contribution is -0.130. The van der Waals surface area contributed by atoms with E-state index in [1.54, 1.807) is 7.11 Å². The maximum atomic E-state index is 12.6. The molecule has 1 aliphatic rings. The van der Waals surface area contributed by atoms with Gasteiger partial charge in [-0.3, -0.25) is 4.79 Å². The van der Waals surface area contributed by atoms with Crippen molar-refractivity contribution in [3.05, 3.63) is 47.4 Å². The first-order chi connectivity index (χ1) is 13.0. The van der Waals surface area contributed by atoms with Crippen LogP contribution in [0.3, 0.4) is 0 Å². The predicted molar refractivity (Wildman–Crippen MR) is 106 cm³/mol. The molecule has 0 aliphatic carbocycles. The van der Waals surface area contributed by atoms with Crippen LogP contribution in [0, 0.1) is 6.92 Å². The lowest BCUT2D eigenvalue weighted by Crippen LogP contribution is -2.49. The van der Waals surface area contributed by atoms with E-state index in [0.717, 1.165) is 41.7 Å². The standard InChI is InChI=1S/C21H28N4O2/c1-15(2)21-22-16(3)12-19(23-21)24-8-10-25(11-9-24)20(26)14-17-6-5-7-18(13-17)27-4/h5-7,12-13,15H,8-11,14H2,1-4H3. The zero-order chi connectivity index (χ0) is 19.4. The highest BCUT2D eigenvalue weighted by Crippen LogP contribution is 2.19. The molecular formula is C21H28N4O2. The number of carbonyl (C=O) groups excluding carboxylic acids is 1. The number of piperazine rings is 1. The SMILES string of the molecule is COc1cccc(CC(=O)N2CCN(c3cc(C)nc(C(C)C)n3)CC2)c1. The summed E-state index contributed by atoms with van der Waals surface area (Å²) in [5.74, 6) is 3.08. The summed E-state index contributed by atoms with van der Waals surface area (Å²) in [5, 5.41) is 0. The average Bonchev–Trinajstić information content (AvgIpc) is 2.67. The Bertz CT molecular complexity index is 799. The average molecular weight is 368 g/mol. The van der Waals surface area contributed by atoms with E-state index in [1.807, 2.05) is 42.2 Å². The second kappa shape index (κ2) is 8.37. The lowest BCUT2D eigenvalue weighted by Gasteiger charge is -2.35. The second-order valence-corrected chi connectivity index (χ2v) is 7.28. The fourth-order valence-corrected chi connectivity index (χ4v) is 3.25. The molecule has 0 saturated carbocycles. The zero-order valence-corrected chi connectivity index (χ0v) is 16.6. The number of anilines is 1. The largest absolute Gasteiger partial charge is 0.497 e. The number of nitrogens with zero attached hydrogens (tertiary/aromatic N) is 4. The van der Waals surface area contributed by atoms with Crippen molar-refractivity contribution in [3.63, 3.8) is 0 Å². The number of hydrogen-bond acceptors (Lipinski definition) is 5. The summed E-state index contributed by atoms with van der Waals surface area (Å²) in [4.78, 5) is 26.1. The number of amides is 1.